The van der Waals surface area contributed by atoms with Crippen LogP contribution < -0.4 is 10.1 Å². The number of methoxy groups -OCH3 is 1. The Hall–Kier alpha value is -2.53. The van der Waals surface area contributed by atoms with E-state index < -0.39 is 0 Å². The first kappa shape index (κ1) is 22.2. The molecule has 0 unspecified atom stereocenters. The Morgan fingerprint density at radius 1 is 1.17 bits per heavy atom. The number of benzene rings is 2. The fraction of sp³-hybridized carbons (Fsp3) is 0.417. The molecule has 0 aliphatic carbocycles. The molecule has 0 saturated carbocycles. The van der Waals surface area contributed by atoms with E-state index in [4.69, 9.17) is 16.3 Å². The zero-order chi connectivity index (χ0) is 21.5. The lowest BCUT2D eigenvalue weighted by atomic mass is 9.83. The van der Waals surface area contributed by atoms with Gasteiger partial charge in [0.2, 0.25) is 11.8 Å². The van der Waals surface area contributed by atoms with E-state index in [-0.39, 0.29) is 23.8 Å². The number of ether oxygens (including phenoxy) is 1. The fourth-order valence-corrected chi connectivity index (χ4v) is 4.08. The Kier molecular flexibility index (Phi) is 7.75. The number of nitrogens with one attached hydrogen (secondary N) is 1. The van der Waals surface area contributed by atoms with Crippen LogP contribution in [0.1, 0.15) is 49.8 Å². The zero-order valence-corrected chi connectivity index (χ0v) is 18.3. The van der Waals surface area contributed by atoms with Gasteiger partial charge in [-0.2, -0.15) is 0 Å². The minimum absolute atomic E-state index is 0.0280. The summed E-state index contributed by atoms with van der Waals surface area (Å²) in [5.41, 5.74) is 1.95. The van der Waals surface area contributed by atoms with Gasteiger partial charge < -0.3 is 15.0 Å². The maximum atomic E-state index is 13.2. The number of halogens is 1. The number of hydrogen-bond acceptors (Lipinski definition) is 3. The van der Waals surface area contributed by atoms with Crippen molar-refractivity contribution in [3.8, 4) is 5.75 Å². The second-order valence-corrected chi connectivity index (χ2v) is 8.08. The number of carbonyl (C=O) groups is 2. The molecule has 2 amide bonds. The van der Waals surface area contributed by atoms with Crippen LogP contribution in [-0.2, 0) is 16.1 Å². The molecule has 0 bridgehead atoms. The number of piperidine rings is 1. The van der Waals surface area contributed by atoms with Crippen LogP contribution in [0.15, 0.2) is 48.5 Å². The van der Waals surface area contributed by atoms with Crippen molar-refractivity contribution in [1.29, 1.82) is 0 Å². The molecule has 1 saturated heterocycles. The monoisotopic (exact) mass is 428 g/mol. The Bertz CT molecular complexity index is 852. The lowest BCUT2D eigenvalue weighted by Crippen LogP contribution is -2.48. The standard InChI is InChI=1S/C24H29ClN2O3/c1-3-4-15-27-22(28)14-13-21(23(27)18-7-11-20(30-2)12-8-18)24(29)26-16-17-5-9-19(25)10-6-17/h5-12,21,23H,3-4,13-16H2,1-2H3,(H,26,29)/t21-,23+/m1/s1. The third-order valence-corrected chi connectivity index (χ3v) is 5.89. The molecular weight excluding hydrogens is 400 g/mol. The number of carbonyl (C=O) groups excluding carboxylic acids is 2. The van der Waals surface area contributed by atoms with Gasteiger partial charge in [-0.05, 0) is 48.2 Å². The Morgan fingerprint density at radius 2 is 1.87 bits per heavy atom. The molecule has 0 spiro atoms. The summed E-state index contributed by atoms with van der Waals surface area (Å²) in [5, 5.41) is 3.73. The molecule has 2 aromatic carbocycles. The SMILES string of the molecule is CCCCN1C(=O)CC[C@@H](C(=O)NCc2ccc(Cl)cc2)[C@@H]1c1ccc(OC)cc1. The van der Waals surface area contributed by atoms with Crippen molar-refractivity contribution in [2.45, 2.75) is 45.2 Å². The van der Waals surface area contributed by atoms with Crippen LogP contribution in [0, 0.1) is 5.92 Å². The van der Waals surface area contributed by atoms with Crippen LogP contribution in [0.3, 0.4) is 0 Å². The molecule has 0 radical (unpaired) electrons. The van der Waals surface area contributed by atoms with E-state index in [1.807, 2.05) is 53.4 Å². The van der Waals surface area contributed by atoms with Gasteiger partial charge in [0.15, 0.2) is 0 Å². The first-order chi connectivity index (χ1) is 14.5. The predicted molar refractivity (Wildman–Crippen MR) is 118 cm³/mol. The largest absolute Gasteiger partial charge is 0.497 e. The molecule has 1 aliphatic rings. The minimum atomic E-state index is -0.291. The third kappa shape index (κ3) is 5.33. The molecule has 1 heterocycles. The molecule has 0 aromatic heterocycles. The van der Waals surface area contributed by atoms with E-state index in [1.165, 1.54) is 0 Å². The first-order valence-corrected chi connectivity index (χ1v) is 10.9. The van der Waals surface area contributed by atoms with Crippen molar-refractivity contribution in [2.75, 3.05) is 13.7 Å². The van der Waals surface area contributed by atoms with Gasteiger partial charge in [0.1, 0.15) is 5.75 Å². The first-order valence-electron chi connectivity index (χ1n) is 10.5. The smallest absolute Gasteiger partial charge is 0.225 e. The number of amides is 2. The summed E-state index contributed by atoms with van der Waals surface area (Å²) < 4.78 is 5.27. The lowest BCUT2D eigenvalue weighted by molar-refractivity contribution is -0.143. The Balaban J connectivity index is 1.81. The molecule has 6 heteroatoms. The molecule has 5 nitrogen and oxygen atoms in total. The zero-order valence-electron chi connectivity index (χ0n) is 17.6. The number of unbranched alkanes of at least 4 members (excludes halogenated alkanes) is 1. The van der Waals surface area contributed by atoms with Crippen LogP contribution in [-0.4, -0.2) is 30.4 Å². The van der Waals surface area contributed by atoms with Gasteiger partial charge in [-0.1, -0.05) is 49.2 Å². The molecule has 1 fully saturated rings. The van der Waals surface area contributed by atoms with Gasteiger partial charge in [-0.25, -0.2) is 0 Å². The average molecular weight is 429 g/mol. The highest BCUT2D eigenvalue weighted by atomic mass is 35.5. The fourth-order valence-electron chi connectivity index (χ4n) is 3.96. The van der Waals surface area contributed by atoms with E-state index in [2.05, 4.69) is 12.2 Å². The third-order valence-electron chi connectivity index (χ3n) is 5.63. The van der Waals surface area contributed by atoms with Crippen LogP contribution in [0.25, 0.3) is 0 Å². The van der Waals surface area contributed by atoms with Crippen molar-refractivity contribution in [2.24, 2.45) is 5.92 Å². The van der Waals surface area contributed by atoms with E-state index in [1.54, 1.807) is 7.11 Å². The predicted octanol–water partition coefficient (Wildman–Crippen LogP) is 4.74. The van der Waals surface area contributed by atoms with Crippen LogP contribution in [0.5, 0.6) is 5.75 Å². The van der Waals surface area contributed by atoms with Crippen LogP contribution >= 0.6 is 11.6 Å². The van der Waals surface area contributed by atoms with Crippen molar-refractivity contribution >= 4 is 23.4 Å². The van der Waals surface area contributed by atoms with E-state index in [0.29, 0.717) is 31.0 Å². The molecule has 3 rings (SSSR count). The Labute approximate surface area is 183 Å². The average Bonchev–Trinajstić information content (AvgIpc) is 2.77. The summed E-state index contributed by atoms with van der Waals surface area (Å²) in [5.74, 6) is 0.552. The molecule has 1 N–H and O–H groups in total. The van der Waals surface area contributed by atoms with Gasteiger partial charge in [0.25, 0.3) is 0 Å². The second-order valence-electron chi connectivity index (χ2n) is 7.65. The maximum absolute atomic E-state index is 13.2. The van der Waals surface area contributed by atoms with Crippen molar-refractivity contribution < 1.29 is 14.3 Å². The van der Waals surface area contributed by atoms with Crippen LogP contribution in [0.2, 0.25) is 5.02 Å². The van der Waals surface area contributed by atoms with Gasteiger partial charge in [0, 0.05) is 24.5 Å². The summed E-state index contributed by atoms with van der Waals surface area (Å²) in [6.45, 7) is 3.20. The summed E-state index contributed by atoms with van der Waals surface area (Å²) in [6, 6.07) is 14.9. The second kappa shape index (κ2) is 10.5. The highest BCUT2D eigenvalue weighted by Crippen LogP contribution is 2.37. The normalized spacial score (nSPS) is 18.9. The van der Waals surface area contributed by atoms with E-state index in [9.17, 15) is 9.59 Å². The van der Waals surface area contributed by atoms with Crippen molar-refractivity contribution in [3.05, 3.63) is 64.7 Å². The summed E-state index contributed by atoms with van der Waals surface area (Å²) in [6.07, 6.45) is 2.85. The van der Waals surface area contributed by atoms with Gasteiger partial charge in [0.05, 0.1) is 19.1 Å². The Morgan fingerprint density at radius 3 is 2.50 bits per heavy atom. The number of nitrogens with zero attached hydrogens (tertiary/aromatic N) is 1. The number of hydrogen-bond donors (Lipinski definition) is 1. The quantitative estimate of drug-likeness (QED) is 0.660. The number of likely N-dealkylation sites (tertiary alicyclic amines) is 1. The molecule has 2 atom stereocenters. The lowest BCUT2D eigenvalue weighted by Gasteiger charge is -2.41. The van der Waals surface area contributed by atoms with Gasteiger partial charge >= 0.3 is 0 Å². The van der Waals surface area contributed by atoms with Crippen molar-refractivity contribution in [3.63, 3.8) is 0 Å². The van der Waals surface area contributed by atoms with Gasteiger partial charge in [-0.3, -0.25) is 9.59 Å². The summed E-state index contributed by atoms with van der Waals surface area (Å²) in [7, 11) is 1.62. The van der Waals surface area contributed by atoms with Crippen molar-refractivity contribution in [1.82, 2.24) is 10.2 Å². The number of rotatable bonds is 8. The topological polar surface area (TPSA) is 58.6 Å². The summed E-state index contributed by atoms with van der Waals surface area (Å²) in [4.78, 5) is 27.8. The maximum Gasteiger partial charge on any atom is 0.225 e. The minimum Gasteiger partial charge on any atom is -0.497 e. The molecule has 30 heavy (non-hydrogen) atoms. The van der Waals surface area contributed by atoms with E-state index >= 15 is 0 Å². The molecule has 2 aromatic rings. The van der Waals surface area contributed by atoms with Gasteiger partial charge in [-0.15, -0.1) is 0 Å². The van der Waals surface area contributed by atoms with E-state index in [0.717, 1.165) is 29.7 Å². The van der Waals surface area contributed by atoms with Crippen LogP contribution in [0.4, 0.5) is 0 Å². The molecule has 1 aliphatic heterocycles. The molecule has 160 valence electrons. The highest BCUT2D eigenvalue weighted by Gasteiger charge is 2.40. The summed E-state index contributed by atoms with van der Waals surface area (Å²) >= 11 is 5.94. The highest BCUT2D eigenvalue weighted by molar-refractivity contribution is 6.30. The molecular formula is C24H29ClN2O3.